The maximum Gasteiger partial charge on any atom is 0.573 e. The molecule has 36 heavy (non-hydrogen) atoms. The van der Waals surface area contributed by atoms with Gasteiger partial charge in [-0.2, -0.15) is 8.78 Å². The Kier molecular flexibility index (Phi) is 8.87. The van der Waals surface area contributed by atoms with Crippen LogP contribution in [0.4, 0.5) is 22.0 Å². The van der Waals surface area contributed by atoms with Crippen LogP contribution in [0, 0.1) is 29.6 Å². The quantitative estimate of drug-likeness (QED) is 0.254. The van der Waals surface area contributed by atoms with Gasteiger partial charge in [-0.15, -0.1) is 13.2 Å². The minimum atomic E-state index is -4.83. The van der Waals surface area contributed by atoms with E-state index in [9.17, 15) is 22.0 Å². The molecule has 0 aromatic heterocycles. The first-order valence-corrected chi connectivity index (χ1v) is 13.7. The van der Waals surface area contributed by atoms with Crippen molar-refractivity contribution >= 4 is 0 Å². The van der Waals surface area contributed by atoms with Gasteiger partial charge >= 0.3 is 12.5 Å². The normalized spacial score (nSPS) is 29.9. The topological polar surface area (TPSA) is 18.5 Å². The highest BCUT2D eigenvalue weighted by molar-refractivity contribution is 5.31. The number of rotatable bonds is 8. The Morgan fingerprint density at radius 1 is 0.750 bits per heavy atom. The summed E-state index contributed by atoms with van der Waals surface area (Å²) in [5, 5.41) is 0. The van der Waals surface area contributed by atoms with Crippen LogP contribution in [0.3, 0.4) is 0 Å². The number of halogens is 5. The molecule has 0 amide bonds. The van der Waals surface area contributed by atoms with Gasteiger partial charge in [-0.3, -0.25) is 0 Å². The lowest BCUT2D eigenvalue weighted by Crippen LogP contribution is -2.37. The SMILES string of the molecule is CCCC1CCC(C2CC=C(C3CCC(C(F)(F)Oc4ccc(OC(F)(F)F)cc4)CC3)CC2)CC1. The van der Waals surface area contributed by atoms with Gasteiger partial charge in [0, 0.05) is 0 Å². The minimum absolute atomic E-state index is 0.165. The molecular formula is C29H39F5O2. The van der Waals surface area contributed by atoms with Crippen LogP contribution in [-0.4, -0.2) is 12.5 Å². The molecule has 4 rings (SSSR count). The molecule has 2 saturated carbocycles. The van der Waals surface area contributed by atoms with E-state index in [2.05, 4.69) is 17.7 Å². The Morgan fingerprint density at radius 3 is 1.89 bits per heavy atom. The van der Waals surface area contributed by atoms with Gasteiger partial charge in [0.2, 0.25) is 0 Å². The predicted molar refractivity (Wildman–Crippen MR) is 130 cm³/mol. The van der Waals surface area contributed by atoms with Crippen molar-refractivity contribution in [2.45, 2.75) is 103 Å². The summed E-state index contributed by atoms with van der Waals surface area (Å²) in [7, 11) is 0. The third-order valence-electron chi connectivity index (χ3n) is 8.78. The van der Waals surface area contributed by atoms with E-state index in [4.69, 9.17) is 4.74 Å². The number of alkyl halides is 5. The van der Waals surface area contributed by atoms with Crippen molar-refractivity contribution in [3.63, 3.8) is 0 Å². The Morgan fingerprint density at radius 2 is 1.36 bits per heavy atom. The predicted octanol–water partition coefficient (Wildman–Crippen LogP) is 9.70. The molecule has 2 nitrogen and oxygen atoms in total. The van der Waals surface area contributed by atoms with Gasteiger partial charge in [-0.25, -0.2) is 0 Å². The van der Waals surface area contributed by atoms with Crippen molar-refractivity contribution in [3.05, 3.63) is 35.9 Å². The van der Waals surface area contributed by atoms with Crippen molar-refractivity contribution in [3.8, 4) is 11.5 Å². The van der Waals surface area contributed by atoms with Crippen LogP contribution in [0.25, 0.3) is 0 Å². The second-order valence-electron chi connectivity index (χ2n) is 11.1. The molecule has 3 aliphatic rings. The summed E-state index contributed by atoms with van der Waals surface area (Å²) in [6.07, 6.45) is 8.15. The average molecular weight is 515 g/mol. The van der Waals surface area contributed by atoms with Gasteiger partial charge in [0.1, 0.15) is 11.5 Å². The van der Waals surface area contributed by atoms with E-state index in [-0.39, 0.29) is 5.75 Å². The Balaban J connectivity index is 1.23. The average Bonchev–Trinajstić information content (AvgIpc) is 2.85. The van der Waals surface area contributed by atoms with E-state index in [0.29, 0.717) is 18.8 Å². The largest absolute Gasteiger partial charge is 0.573 e. The Bertz CT molecular complexity index is 847. The van der Waals surface area contributed by atoms with Crippen LogP contribution in [-0.2, 0) is 0 Å². The first kappa shape index (κ1) is 27.3. The van der Waals surface area contributed by atoms with E-state index in [1.165, 1.54) is 50.5 Å². The molecule has 7 heteroatoms. The smallest absolute Gasteiger partial charge is 0.432 e. The first-order valence-electron chi connectivity index (χ1n) is 13.7. The van der Waals surface area contributed by atoms with E-state index in [1.54, 1.807) is 0 Å². The molecule has 0 radical (unpaired) electrons. The second-order valence-corrected chi connectivity index (χ2v) is 11.1. The number of allylic oxidation sites excluding steroid dienone is 2. The number of hydrogen-bond acceptors (Lipinski definition) is 2. The fourth-order valence-corrected chi connectivity index (χ4v) is 6.78. The van der Waals surface area contributed by atoms with Gasteiger partial charge in [0.15, 0.2) is 0 Å². The molecule has 2 fully saturated rings. The summed E-state index contributed by atoms with van der Waals surface area (Å²) in [4.78, 5) is 0. The van der Waals surface area contributed by atoms with Crippen molar-refractivity contribution in [2.75, 3.05) is 0 Å². The van der Waals surface area contributed by atoms with Crippen molar-refractivity contribution in [2.24, 2.45) is 29.6 Å². The lowest BCUT2D eigenvalue weighted by molar-refractivity contribution is -0.274. The van der Waals surface area contributed by atoms with Crippen LogP contribution < -0.4 is 9.47 Å². The van der Waals surface area contributed by atoms with Gasteiger partial charge in [0.25, 0.3) is 0 Å². The molecule has 1 aromatic carbocycles. The van der Waals surface area contributed by atoms with E-state index in [1.807, 2.05) is 0 Å². The fourth-order valence-electron chi connectivity index (χ4n) is 6.78. The number of ether oxygens (including phenoxy) is 2. The number of benzene rings is 1. The van der Waals surface area contributed by atoms with Crippen molar-refractivity contribution in [1.29, 1.82) is 0 Å². The highest BCUT2D eigenvalue weighted by atomic mass is 19.4. The Hall–Kier alpha value is -1.79. The summed E-state index contributed by atoms with van der Waals surface area (Å²) in [5.41, 5.74) is 1.47. The molecule has 0 N–H and O–H groups in total. The molecule has 1 atom stereocenters. The van der Waals surface area contributed by atoms with Gasteiger partial charge in [-0.1, -0.05) is 44.3 Å². The van der Waals surface area contributed by atoms with Crippen LogP contribution in [0.15, 0.2) is 35.9 Å². The minimum Gasteiger partial charge on any atom is -0.432 e. The molecule has 0 aliphatic heterocycles. The zero-order valence-corrected chi connectivity index (χ0v) is 21.2. The molecular weight excluding hydrogens is 475 g/mol. The second kappa shape index (κ2) is 11.7. The summed E-state index contributed by atoms with van der Waals surface area (Å²) >= 11 is 0. The first-order chi connectivity index (χ1) is 17.1. The highest BCUT2D eigenvalue weighted by Crippen LogP contribution is 2.46. The van der Waals surface area contributed by atoms with Gasteiger partial charge < -0.3 is 9.47 Å². The molecule has 0 heterocycles. The molecule has 3 aliphatic carbocycles. The van der Waals surface area contributed by atoms with Crippen LogP contribution in [0.5, 0.6) is 11.5 Å². The molecule has 0 saturated heterocycles. The maximum absolute atomic E-state index is 14.8. The highest BCUT2D eigenvalue weighted by Gasteiger charge is 2.44. The monoisotopic (exact) mass is 514 g/mol. The lowest BCUT2D eigenvalue weighted by Gasteiger charge is -2.38. The molecule has 202 valence electrons. The fraction of sp³-hybridized carbons (Fsp3) is 0.724. The number of hydrogen-bond donors (Lipinski definition) is 0. The maximum atomic E-state index is 14.8. The molecule has 0 bridgehead atoms. The van der Waals surface area contributed by atoms with Crippen LogP contribution in [0.1, 0.15) is 90.4 Å². The summed E-state index contributed by atoms with van der Waals surface area (Å²) in [6, 6.07) is 4.13. The van der Waals surface area contributed by atoms with E-state index < -0.39 is 24.1 Å². The van der Waals surface area contributed by atoms with Crippen LogP contribution >= 0.6 is 0 Å². The summed E-state index contributed by atoms with van der Waals surface area (Å²) in [6.45, 7) is 2.28. The summed E-state index contributed by atoms with van der Waals surface area (Å²) < 4.78 is 75.2. The molecule has 0 spiro atoms. The molecule has 1 aromatic rings. The third kappa shape index (κ3) is 7.38. The van der Waals surface area contributed by atoms with Gasteiger partial charge in [-0.05, 0) is 106 Å². The zero-order valence-electron chi connectivity index (χ0n) is 21.2. The third-order valence-corrected chi connectivity index (χ3v) is 8.78. The van der Waals surface area contributed by atoms with Crippen LogP contribution in [0.2, 0.25) is 0 Å². The van der Waals surface area contributed by atoms with Crippen molar-refractivity contribution in [1.82, 2.24) is 0 Å². The molecule has 1 unspecified atom stereocenters. The Labute approximate surface area is 211 Å². The van der Waals surface area contributed by atoms with Crippen molar-refractivity contribution < 1.29 is 31.4 Å². The standard InChI is InChI=1S/C29H39F5O2/c1-2-3-20-4-6-21(7-5-20)22-8-10-23(11-9-22)24-12-14-25(15-13-24)28(30,31)35-26-16-18-27(19-17-26)36-29(32,33)34/h10,16-22,24-25H,2-9,11-15H2,1H3. The van der Waals surface area contributed by atoms with E-state index >= 15 is 0 Å². The summed E-state index contributed by atoms with van der Waals surface area (Å²) in [5.74, 6) is 1.44. The zero-order chi connectivity index (χ0) is 25.8. The van der Waals surface area contributed by atoms with E-state index in [0.717, 1.165) is 67.7 Å². The van der Waals surface area contributed by atoms with Gasteiger partial charge in [0.05, 0.1) is 5.92 Å². The lowest BCUT2D eigenvalue weighted by atomic mass is 9.68.